The number of hydrogen-bond acceptors (Lipinski definition) is 3. The number of hydrogen-bond donors (Lipinski definition) is 0. The van der Waals surface area contributed by atoms with Crippen molar-refractivity contribution in [2.24, 2.45) is 0 Å². The van der Waals surface area contributed by atoms with Crippen LogP contribution in [0.5, 0.6) is 0 Å². The van der Waals surface area contributed by atoms with E-state index in [1.54, 1.807) is 23.1 Å². The van der Waals surface area contributed by atoms with Crippen molar-refractivity contribution in [1.29, 1.82) is 0 Å². The zero-order valence-electron chi connectivity index (χ0n) is 13.0. The highest BCUT2D eigenvalue weighted by Gasteiger charge is 2.12. The molecular formula is C20H12BrClOS2. The van der Waals surface area contributed by atoms with Gasteiger partial charge in [0.25, 0.3) is 0 Å². The summed E-state index contributed by atoms with van der Waals surface area (Å²) < 4.78 is 2.91. The number of benzene rings is 3. The average molecular weight is 448 g/mol. The normalized spacial score (nSPS) is 11.3. The third-order valence-corrected chi connectivity index (χ3v) is 7.44. The minimum absolute atomic E-state index is 0.0516. The van der Waals surface area contributed by atoms with Crippen LogP contribution in [-0.4, -0.2) is 0 Å². The van der Waals surface area contributed by atoms with Crippen molar-refractivity contribution in [1.82, 2.24) is 0 Å². The Bertz CT molecular complexity index is 1140. The van der Waals surface area contributed by atoms with Crippen LogP contribution >= 0.6 is 50.6 Å². The summed E-state index contributed by atoms with van der Waals surface area (Å²) in [6.45, 7) is 0. The van der Waals surface area contributed by atoms with Gasteiger partial charge in [-0.2, -0.15) is 0 Å². The average Bonchev–Trinajstić information content (AvgIpc) is 2.63. The number of fused-ring (bicyclic) bond motifs is 2. The van der Waals surface area contributed by atoms with Crippen LogP contribution < -0.4 is 5.43 Å². The molecule has 0 aliphatic heterocycles. The lowest BCUT2D eigenvalue weighted by molar-refractivity contribution is 1.38. The Morgan fingerprint density at radius 1 is 0.960 bits per heavy atom. The zero-order chi connectivity index (χ0) is 17.4. The molecule has 1 aromatic heterocycles. The molecule has 0 aliphatic rings. The molecule has 0 atom stereocenters. The summed E-state index contributed by atoms with van der Waals surface area (Å²) in [6.07, 6.45) is 0. The number of halogens is 2. The van der Waals surface area contributed by atoms with Gasteiger partial charge in [0, 0.05) is 30.6 Å². The molecule has 0 unspecified atom stereocenters. The van der Waals surface area contributed by atoms with Crippen molar-refractivity contribution in [3.05, 3.63) is 85.9 Å². The maximum absolute atomic E-state index is 12.7. The Balaban J connectivity index is 1.75. The summed E-state index contributed by atoms with van der Waals surface area (Å²) in [7, 11) is 0. The highest BCUT2D eigenvalue weighted by molar-refractivity contribution is 9.10. The Morgan fingerprint density at radius 3 is 2.52 bits per heavy atom. The van der Waals surface area contributed by atoms with Crippen molar-refractivity contribution in [3.63, 3.8) is 0 Å². The van der Waals surface area contributed by atoms with Crippen LogP contribution in [0.2, 0.25) is 5.02 Å². The molecule has 0 spiro atoms. The molecule has 0 fully saturated rings. The van der Waals surface area contributed by atoms with Crippen molar-refractivity contribution in [2.45, 2.75) is 10.6 Å². The van der Waals surface area contributed by atoms with Gasteiger partial charge in [0.05, 0.1) is 9.72 Å². The van der Waals surface area contributed by atoms with E-state index >= 15 is 0 Å². The van der Waals surface area contributed by atoms with E-state index in [1.807, 2.05) is 48.5 Å². The molecule has 0 aliphatic carbocycles. The second-order valence-electron chi connectivity index (χ2n) is 5.60. The monoisotopic (exact) mass is 446 g/mol. The van der Waals surface area contributed by atoms with Crippen LogP contribution in [0.4, 0.5) is 0 Å². The molecule has 0 saturated heterocycles. The van der Waals surface area contributed by atoms with Gasteiger partial charge in [-0.05, 0) is 42.0 Å². The summed E-state index contributed by atoms with van der Waals surface area (Å²) in [4.78, 5) is 13.7. The predicted octanol–water partition coefficient (Wildman–Crippen LogP) is 7.12. The minimum atomic E-state index is 0.0516. The first kappa shape index (κ1) is 17.1. The molecule has 3 aromatic carbocycles. The molecule has 25 heavy (non-hydrogen) atoms. The van der Waals surface area contributed by atoms with Crippen molar-refractivity contribution in [3.8, 4) is 0 Å². The van der Waals surface area contributed by atoms with E-state index < -0.39 is 0 Å². The van der Waals surface area contributed by atoms with Gasteiger partial charge < -0.3 is 0 Å². The van der Waals surface area contributed by atoms with E-state index in [0.29, 0.717) is 10.4 Å². The lowest BCUT2D eigenvalue weighted by Gasteiger charge is -2.08. The summed E-state index contributed by atoms with van der Waals surface area (Å²) >= 11 is 13.4. The largest absolute Gasteiger partial charge is 0.289 e. The molecule has 4 aromatic rings. The fraction of sp³-hybridized carbons (Fsp3) is 0.0500. The summed E-state index contributed by atoms with van der Waals surface area (Å²) in [5, 5.41) is 2.13. The SMILES string of the molecule is O=c1c2ccccc2sc2c(Cl)c(SCc3ccc(Br)cc3)ccc12. The Hall–Kier alpha value is -1.33. The molecule has 0 saturated carbocycles. The smallest absolute Gasteiger partial charge is 0.195 e. The van der Waals surface area contributed by atoms with Gasteiger partial charge in [0.1, 0.15) is 0 Å². The molecule has 0 bridgehead atoms. The lowest BCUT2D eigenvalue weighted by atomic mass is 10.2. The van der Waals surface area contributed by atoms with E-state index in [1.165, 1.54) is 5.56 Å². The number of rotatable bonds is 3. The Kier molecular flexibility index (Phi) is 4.87. The van der Waals surface area contributed by atoms with Gasteiger partial charge in [-0.1, -0.05) is 51.8 Å². The molecule has 0 radical (unpaired) electrons. The summed E-state index contributed by atoms with van der Waals surface area (Å²) in [5.74, 6) is 0.834. The quantitative estimate of drug-likeness (QED) is 0.245. The van der Waals surface area contributed by atoms with E-state index in [-0.39, 0.29) is 5.43 Å². The van der Waals surface area contributed by atoms with Gasteiger partial charge in [0.2, 0.25) is 0 Å². The molecule has 4 rings (SSSR count). The minimum Gasteiger partial charge on any atom is -0.289 e. The first-order chi connectivity index (χ1) is 12.1. The molecule has 1 heterocycles. The zero-order valence-corrected chi connectivity index (χ0v) is 16.9. The highest BCUT2D eigenvalue weighted by Crippen LogP contribution is 2.38. The van der Waals surface area contributed by atoms with Crippen LogP contribution in [-0.2, 0) is 5.75 Å². The second kappa shape index (κ2) is 7.12. The van der Waals surface area contributed by atoms with Gasteiger partial charge in [-0.15, -0.1) is 23.1 Å². The van der Waals surface area contributed by atoms with Crippen LogP contribution in [0.3, 0.4) is 0 Å². The van der Waals surface area contributed by atoms with E-state index in [4.69, 9.17) is 11.6 Å². The molecule has 124 valence electrons. The fourth-order valence-corrected chi connectivity index (χ4v) is 5.46. The predicted molar refractivity (Wildman–Crippen MR) is 114 cm³/mol. The van der Waals surface area contributed by atoms with Crippen molar-refractivity contribution >= 4 is 70.8 Å². The molecule has 5 heteroatoms. The molecule has 0 N–H and O–H groups in total. The fourth-order valence-electron chi connectivity index (χ4n) is 2.67. The first-order valence-electron chi connectivity index (χ1n) is 7.65. The van der Waals surface area contributed by atoms with Gasteiger partial charge >= 0.3 is 0 Å². The van der Waals surface area contributed by atoms with Crippen LogP contribution in [0.25, 0.3) is 20.2 Å². The first-order valence-corrected chi connectivity index (χ1v) is 10.6. The Morgan fingerprint density at radius 2 is 1.72 bits per heavy atom. The maximum Gasteiger partial charge on any atom is 0.195 e. The molecular weight excluding hydrogens is 436 g/mol. The highest BCUT2D eigenvalue weighted by atomic mass is 79.9. The van der Waals surface area contributed by atoms with Crippen LogP contribution in [0.15, 0.2) is 74.8 Å². The van der Waals surface area contributed by atoms with Gasteiger partial charge in [0.15, 0.2) is 5.43 Å². The number of thioether (sulfide) groups is 1. The van der Waals surface area contributed by atoms with Crippen LogP contribution in [0.1, 0.15) is 5.56 Å². The summed E-state index contributed by atoms with van der Waals surface area (Å²) in [6, 6.07) is 19.8. The third kappa shape index (κ3) is 3.36. The maximum atomic E-state index is 12.7. The van der Waals surface area contributed by atoms with E-state index in [2.05, 4.69) is 28.1 Å². The third-order valence-electron chi connectivity index (χ3n) is 3.96. The van der Waals surface area contributed by atoms with E-state index in [0.717, 1.165) is 29.9 Å². The topological polar surface area (TPSA) is 17.1 Å². The van der Waals surface area contributed by atoms with Crippen molar-refractivity contribution < 1.29 is 0 Å². The summed E-state index contributed by atoms with van der Waals surface area (Å²) in [5.41, 5.74) is 1.28. The van der Waals surface area contributed by atoms with E-state index in [9.17, 15) is 4.79 Å². The lowest BCUT2D eigenvalue weighted by Crippen LogP contribution is -2.01. The van der Waals surface area contributed by atoms with Crippen LogP contribution in [0, 0.1) is 0 Å². The molecule has 0 amide bonds. The van der Waals surface area contributed by atoms with Crippen molar-refractivity contribution in [2.75, 3.05) is 0 Å². The molecule has 1 nitrogen and oxygen atoms in total. The Labute approximate surface area is 166 Å². The second-order valence-corrected chi connectivity index (χ2v) is 8.96. The standard InChI is InChI=1S/C20H12BrClOS2/c21-13-7-5-12(6-8-13)11-24-17-10-9-15-19(23)14-3-1-2-4-16(14)25-20(15)18(17)22/h1-10H,11H2. The van der Waals surface area contributed by atoms with Gasteiger partial charge in [-0.3, -0.25) is 4.79 Å². The van der Waals surface area contributed by atoms with Gasteiger partial charge in [-0.25, -0.2) is 0 Å².